The lowest BCUT2D eigenvalue weighted by atomic mass is 9.68. The third-order valence-corrected chi connectivity index (χ3v) is 5.65. The fourth-order valence-corrected chi connectivity index (χ4v) is 4.55. The number of anilines is 2. The molecule has 2 aliphatic rings. The summed E-state index contributed by atoms with van der Waals surface area (Å²) in [6, 6.07) is 2.51. The molecule has 3 unspecified atom stereocenters. The summed E-state index contributed by atoms with van der Waals surface area (Å²) in [6.45, 7) is 9.33. The molecule has 0 saturated heterocycles. The van der Waals surface area contributed by atoms with Crippen molar-refractivity contribution in [1.82, 2.24) is 4.98 Å². The van der Waals surface area contributed by atoms with E-state index in [-0.39, 0.29) is 0 Å². The number of pyridine rings is 1. The van der Waals surface area contributed by atoms with Gasteiger partial charge in [-0.3, -0.25) is 0 Å². The van der Waals surface area contributed by atoms with Gasteiger partial charge in [0.1, 0.15) is 5.82 Å². The first kappa shape index (κ1) is 12.8. The zero-order chi connectivity index (χ0) is 13.8. The minimum atomic E-state index is 0.350. The Morgan fingerprint density at radius 1 is 1.37 bits per heavy atom. The van der Waals surface area contributed by atoms with Gasteiger partial charge < -0.3 is 11.1 Å². The van der Waals surface area contributed by atoms with Crippen LogP contribution in [0.1, 0.15) is 45.6 Å². The van der Waals surface area contributed by atoms with Crippen molar-refractivity contribution in [2.24, 2.45) is 16.7 Å². The fourth-order valence-electron chi connectivity index (χ4n) is 4.55. The molecule has 3 nitrogen and oxygen atoms in total. The van der Waals surface area contributed by atoms with Crippen molar-refractivity contribution in [2.45, 2.75) is 53.0 Å². The van der Waals surface area contributed by atoms with Crippen molar-refractivity contribution >= 4 is 11.5 Å². The summed E-state index contributed by atoms with van der Waals surface area (Å²) in [5.41, 5.74) is 8.43. The van der Waals surface area contributed by atoms with Crippen molar-refractivity contribution in [3.63, 3.8) is 0 Å². The van der Waals surface area contributed by atoms with E-state index in [0.29, 0.717) is 16.9 Å². The number of aryl methyl sites for hydroxylation is 1. The van der Waals surface area contributed by atoms with Gasteiger partial charge in [-0.15, -0.1) is 0 Å². The number of nitrogens with zero attached hydrogens (tertiary/aromatic N) is 1. The fraction of sp³-hybridized carbons (Fsp3) is 0.688. The summed E-state index contributed by atoms with van der Waals surface area (Å²) < 4.78 is 0. The SMILES string of the molecule is Cc1cc(N)cnc1NC1C2(C)CCC(C2)C1(C)C. The van der Waals surface area contributed by atoms with Crippen LogP contribution in [-0.2, 0) is 0 Å². The van der Waals surface area contributed by atoms with Crippen molar-refractivity contribution in [3.8, 4) is 0 Å². The number of nitrogens with one attached hydrogen (secondary N) is 1. The largest absolute Gasteiger partial charge is 0.397 e. The van der Waals surface area contributed by atoms with Crippen LogP contribution in [0.2, 0.25) is 0 Å². The molecule has 3 atom stereocenters. The predicted molar refractivity (Wildman–Crippen MR) is 80.0 cm³/mol. The summed E-state index contributed by atoms with van der Waals surface area (Å²) in [4.78, 5) is 4.49. The van der Waals surface area contributed by atoms with Gasteiger partial charge in [0.25, 0.3) is 0 Å². The molecule has 1 aromatic heterocycles. The van der Waals surface area contributed by atoms with Gasteiger partial charge in [0.15, 0.2) is 0 Å². The van der Waals surface area contributed by atoms with Crippen LogP contribution in [-0.4, -0.2) is 11.0 Å². The standard InChI is InChI=1S/C16H25N3/c1-10-7-12(17)9-18-13(10)19-14-15(2,3)11-5-6-16(14,4)8-11/h7,9,11,14H,5-6,8,17H2,1-4H3,(H,18,19). The van der Waals surface area contributed by atoms with Crippen molar-refractivity contribution < 1.29 is 0 Å². The van der Waals surface area contributed by atoms with Gasteiger partial charge in [-0.1, -0.05) is 20.8 Å². The van der Waals surface area contributed by atoms with Crippen LogP contribution >= 0.6 is 0 Å². The van der Waals surface area contributed by atoms with E-state index in [0.717, 1.165) is 23.0 Å². The molecule has 0 radical (unpaired) electrons. The van der Waals surface area contributed by atoms with Crippen LogP contribution in [0.15, 0.2) is 12.3 Å². The van der Waals surface area contributed by atoms with E-state index in [4.69, 9.17) is 5.73 Å². The maximum Gasteiger partial charge on any atom is 0.129 e. The van der Waals surface area contributed by atoms with Crippen LogP contribution in [0, 0.1) is 23.7 Å². The van der Waals surface area contributed by atoms with Gasteiger partial charge in [0, 0.05) is 6.04 Å². The molecule has 0 amide bonds. The van der Waals surface area contributed by atoms with E-state index >= 15 is 0 Å². The van der Waals surface area contributed by atoms with Gasteiger partial charge in [0.05, 0.1) is 11.9 Å². The molecule has 2 fully saturated rings. The minimum absolute atomic E-state index is 0.350. The Morgan fingerprint density at radius 3 is 2.68 bits per heavy atom. The van der Waals surface area contributed by atoms with Gasteiger partial charge in [0.2, 0.25) is 0 Å². The number of hydrogen-bond acceptors (Lipinski definition) is 3. The summed E-state index contributed by atoms with van der Waals surface area (Å²) >= 11 is 0. The summed E-state index contributed by atoms with van der Waals surface area (Å²) in [7, 11) is 0. The van der Waals surface area contributed by atoms with Gasteiger partial charge in [-0.25, -0.2) is 4.98 Å². The molecule has 0 spiro atoms. The zero-order valence-electron chi connectivity index (χ0n) is 12.5. The minimum Gasteiger partial charge on any atom is -0.397 e. The Labute approximate surface area is 116 Å². The average molecular weight is 259 g/mol. The molecule has 2 saturated carbocycles. The number of nitrogens with two attached hydrogens (primary N) is 1. The van der Waals surface area contributed by atoms with E-state index in [9.17, 15) is 0 Å². The van der Waals surface area contributed by atoms with Gasteiger partial charge in [-0.05, 0) is 54.6 Å². The Kier molecular flexibility index (Phi) is 2.60. The Hall–Kier alpha value is -1.25. The maximum absolute atomic E-state index is 5.79. The molecule has 2 aliphatic carbocycles. The Morgan fingerprint density at radius 2 is 2.11 bits per heavy atom. The second kappa shape index (κ2) is 3.87. The number of hydrogen-bond donors (Lipinski definition) is 2. The first-order chi connectivity index (χ1) is 8.83. The quantitative estimate of drug-likeness (QED) is 0.853. The molecule has 19 heavy (non-hydrogen) atoms. The molecule has 3 heteroatoms. The molecule has 0 aromatic carbocycles. The van der Waals surface area contributed by atoms with Crippen molar-refractivity contribution in [3.05, 3.63) is 17.8 Å². The van der Waals surface area contributed by atoms with Crippen LogP contribution in [0.4, 0.5) is 11.5 Å². The number of aromatic nitrogens is 1. The van der Waals surface area contributed by atoms with Crippen LogP contribution < -0.4 is 11.1 Å². The molecule has 3 N–H and O–H groups in total. The van der Waals surface area contributed by atoms with E-state index < -0.39 is 0 Å². The molecule has 1 heterocycles. The molecular weight excluding hydrogens is 234 g/mol. The smallest absolute Gasteiger partial charge is 0.129 e. The van der Waals surface area contributed by atoms with E-state index in [1.807, 2.05) is 6.07 Å². The Balaban J connectivity index is 1.90. The highest BCUT2D eigenvalue weighted by molar-refractivity contribution is 5.52. The second-order valence-corrected chi connectivity index (χ2v) is 7.43. The summed E-state index contributed by atoms with van der Waals surface area (Å²) in [5.74, 6) is 1.85. The average Bonchev–Trinajstić information content (AvgIpc) is 2.78. The third-order valence-electron chi connectivity index (χ3n) is 5.65. The van der Waals surface area contributed by atoms with E-state index in [1.165, 1.54) is 19.3 Å². The van der Waals surface area contributed by atoms with E-state index in [1.54, 1.807) is 6.20 Å². The summed E-state index contributed by atoms with van der Waals surface area (Å²) in [6.07, 6.45) is 5.83. The first-order valence-corrected chi connectivity index (χ1v) is 7.31. The van der Waals surface area contributed by atoms with Crippen LogP contribution in [0.25, 0.3) is 0 Å². The Bertz CT molecular complexity index is 504. The van der Waals surface area contributed by atoms with Gasteiger partial charge >= 0.3 is 0 Å². The molecule has 104 valence electrons. The topological polar surface area (TPSA) is 50.9 Å². The maximum atomic E-state index is 5.79. The lowest BCUT2D eigenvalue weighted by Gasteiger charge is -2.43. The van der Waals surface area contributed by atoms with Crippen molar-refractivity contribution in [1.29, 1.82) is 0 Å². The third kappa shape index (κ3) is 1.82. The number of nitrogen functional groups attached to an aromatic ring is 1. The van der Waals surface area contributed by atoms with Crippen LogP contribution in [0.5, 0.6) is 0 Å². The second-order valence-electron chi connectivity index (χ2n) is 7.43. The highest BCUT2D eigenvalue weighted by atomic mass is 15.1. The van der Waals surface area contributed by atoms with Crippen molar-refractivity contribution in [2.75, 3.05) is 11.1 Å². The number of fused-ring (bicyclic) bond motifs is 2. The van der Waals surface area contributed by atoms with Crippen LogP contribution in [0.3, 0.4) is 0 Å². The zero-order valence-corrected chi connectivity index (χ0v) is 12.5. The molecular formula is C16H25N3. The number of rotatable bonds is 2. The predicted octanol–water partition coefficient (Wildman–Crippen LogP) is 3.60. The monoisotopic (exact) mass is 259 g/mol. The summed E-state index contributed by atoms with van der Waals surface area (Å²) in [5, 5.41) is 3.73. The molecule has 1 aromatic rings. The highest BCUT2D eigenvalue weighted by Crippen LogP contribution is 2.63. The highest BCUT2D eigenvalue weighted by Gasteiger charge is 2.59. The molecule has 3 rings (SSSR count). The lowest BCUT2D eigenvalue weighted by Crippen LogP contribution is -2.46. The first-order valence-electron chi connectivity index (χ1n) is 7.31. The van der Waals surface area contributed by atoms with E-state index in [2.05, 4.69) is 38.0 Å². The van der Waals surface area contributed by atoms with Gasteiger partial charge in [-0.2, -0.15) is 0 Å². The molecule has 0 aliphatic heterocycles. The normalized spacial score (nSPS) is 35.6. The molecule has 2 bridgehead atoms. The lowest BCUT2D eigenvalue weighted by molar-refractivity contribution is 0.155.